The molecule has 2 rings (SSSR count). The zero-order chi connectivity index (χ0) is 16.7. The molecule has 0 saturated carbocycles. The van der Waals surface area contributed by atoms with E-state index in [4.69, 9.17) is 0 Å². The van der Waals surface area contributed by atoms with E-state index in [-0.39, 0.29) is 17.3 Å². The fourth-order valence-corrected chi connectivity index (χ4v) is 3.96. The van der Waals surface area contributed by atoms with Crippen molar-refractivity contribution in [3.63, 3.8) is 0 Å². The Morgan fingerprint density at radius 1 is 1.18 bits per heavy atom. The minimum Gasteiger partial charge on any atom is -0.348 e. The van der Waals surface area contributed by atoms with E-state index < -0.39 is 15.7 Å². The van der Waals surface area contributed by atoms with Gasteiger partial charge in [-0.2, -0.15) is 4.31 Å². The number of likely N-dealkylation sites (N-methyl/N-ethyl adjacent to an activating group) is 2. The Balaban J connectivity index is 2.46. The molecule has 1 aromatic carbocycles. The van der Waals surface area contributed by atoms with Gasteiger partial charge in [-0.05, 0) is 28.1 Å². The van der Waals surface area contributed by atoms with Gasteiger partial charge in [0.1, 0.15) is 0 Å². The Kier molecular flexibility index (Phi) is 4.45. The molecule has 0 aliphatic heterocycles. The van der Waals surface area contributed by atoms with Gasteiger partial charge in [0.25, 0.3) is 0 Å². The number of carbonyl (C=O) groups is 1. The highest BCUT2D eigenvalue weighted by Crippen LogP contribution is 2.27. The number of aromatic nitrogens is 2. The number of hydrogen-bond donors (Lipinski definition) is 2. The second-order valence-corrected chi connectivity index (χ2v) is 7.82. The summed E-state index contributed by atoms with van der Waals surface area (Å²) in [5, 5.41) is 0. The van der Waals surface area contributed by atoms with E-state index in [0.717, 1.165) is 4.31 Å². The normalized spacial score (nSPS) is 12.0. The number of carbonyl (C=O) groups excluding carboxylic acids is 1. The molecule has 0 spiro atoms. The van der Waals surface area contributed by atoms with Gasteiger partial charge in [-0.3, -0.25) is 4.79 Å². The Morgan fingerprint density at radius 2 is 1.73 bits per heavy atom. The van der Waals surface area contributed by atoms with Crippen LogP contribution >= 0.6 is 15.9 Å². The van der Waals surface area contributed by atoms with Crippen LogP contribution in [0.3, 0.4) is 0 Å². The number of benzene rings is 1. The van der Waals surface area contributed by atoms with Crippen LogP contribution in [0, 0.1) is 0 Å². The summed E-state index contributed by atoms with van der Waals surface area (Å²) in [6.45, 7) is -0.274. The van der Waals surface area contributed by atoms with Crippen molar-refractivity contribution in [1.82, 2.24) is 19.2 Å². The Hall–Kier alpha value is -1.65. The molecular formula is C12H15BrN4O4S. The molecule has 0 fully saturated rings. The number of amides is 1. The van der Waals surface area contributed by atoms with Crippen LogP contribution in [0.1, 0.15) is 0 Å². The average Bonchev–Trinajstić information content (AvgIpc) is 2.76. The van der Waals surface area contributed by atoms with Gasteiger partial charge in [-0.1, -0.05) is 0 Å². The highest BCUT2D eigenvalue weighted by atomic mass is 79.9. The van der Waals surface area contributed by atoms with E-state index in [9.17, 15) is 18.0 Å². The van der Waals surface area contributed by atoms with Crippen LogP contribution in [0.15, 0.2) is 26.3 Å². The lowest BCUT2D eigenvalue weighted by atomic mass is 10.3. The van der Waals surface area contributed by atoms with Crippen LogP contribution in [0.25, 0.3) is 11.0 Å². The summed E-state index contributed by atoms with van der Waals surface area (Å²) in [6, 6.07) is 2.85. The second-order valence-electron chi connectivity index (χ2n) is 4.96. The third-order valence-electron chi connectivity index (χ3n) is 3.11. The van der Waals surface area contributed by atoms with Crippen molar-refractivity contribution in [2.45, 2.75) is 4.90 Å². The van der Waals surface area contributed by atoms with E-state index in [2.05, 4.69) is 25.9 Å². The summed E-state index contributed by atoms with van der Waals surface area (Å²) in [6.07, 6.45) is 0. The monoisotopic (exact) mass is 390 g/mol. The van der Waals surface area contributed by atoms with Gasteiger partial charge < -0.3 is 14.9 Å². The molecular weight excluding hydrogens is 376 g/mol. The summed E-state index contributed by atoms with van der Waals surface area (Å²) in [4.78, 5) is 29.3. The van der Waals surface area contributed by atoms with Crippen molar-refractivity contribution >= 4 is 42.9 Å². The maximum Gasteiger partial charge on any atom is 0.323 e. The molecule has 0 aliphatic rings. The Morgan fingerprint density at radius 3 is 2.27 bits per heavy atom. The number of fused-ring (bicyclic) bond motifs is 1. The molecule has 8 nitrogen and oxygen atoms in total. The van der Waals surface area contributed by atoms with Crippen LogP contribution < -0.4 is 5.69 Å². The molecule has 2 aromatic rings. The van der Waals surface area contributed by atoms with Gasteiger partial charge in [0.15, 0.2) is 0 Å². The number of sulfonamides is 1. The maximum absolute atomic E-state index is 12.6. The van der Waals surface area contributed by atoms with Crippen LogP contribution in [0.5, 0.6) is 0 Å². The van der Waals surface area contributed by atoms with Gasteiger partial charge in [-0.25, -0.2) is 13.2 Å². The van der Waals surface area contributed by atoms with E-state index in [1.807, 2.05) is 0 Å². The summed E-state index contributed by atoms with van der Waals surface area (Å²) >= 11 is 3.19. The van der Waals surface area contributed by atoms with Gasteiger partial charge in [0, 0.05) is 25.6 Å². The predicted octanol–water partition coefficient (Wildman–Crippen LogP) is 0.327. The molecule has 1 heterocycles. The first-order valence-corrected chi connectivity index (χ1v) is 8.44. The lowest BCUT2D eigenvalue weighted by molar-refractivity contribution is -0.128. The van der Waals surface area contributed by atoms with E-state index in [1.165, 1.54) is 24.1 Å². The second kappa shape index (κ2) is 5.86. The summed E-state index contributed by atoms with van der Waals surface area (Å²) < 4.78 is 26.4. The molecule has 1 aromatic heterocycles. The maximum atomic E-state index is 12.6. The Labute approximate surface area is 135 Å². The van der Waals surface area contributed by atoms with Crippen molar-refractivity contribution in [3.05, 3.63) is 27.1 Å². The zero-order valence-corrected chi connectivity index (χ0v) is 14.6. The topological polar surface area (TPSA) is 106 Å². The molecule has 0 atom stereocenters. The molecule has 0 bridgehead atoms. The molecule has 22 heavy (non-hydrogen) atoms. The summed E-state index contributed by atoms with van der Waals surface area (Å²) in [5.41, 5.74) is 0.439. The Bertz CT molecular complexity index is 884. The van der Waals surface area contributed by atoms with E-state index >= 15 is 0 Å². The van der Waals surface area contributed by atoms with E-state index in [0.29, 0.717) is 15.5 Å². The van der Waals surface area contributed by atoms with Crippen molar-refractivity contribution in [2.24, 2.45) is 0 Å². The number of aromatic amines is 2. The van der Waals surface area contributed by atoms with Crippen molar-refractivity contribution in [1.29, 1.82) is 0 Å². The molecule has 0 unspecified atom stereocenters. The standard InChI is InChI=1S/C12H15BrN4O4S/c1-16(2)11(18)6-17(3)22(20,21)10-5-9-8(4-7(10)13)14-12(19)15-9/h4-5H,6H2,1-3H3,(H2,14,15,19). The SMILES string of the molecule is CN(C)C(=O)CN(C)S(=O)(=O)c1cc2[nH]c(=O)[nH]c2cc1Br. The number of rotatable bonds is 4. The fourth-order valence-electron chi connectivity index (χ4n) is 1.82. The highest BCUT2D eigenvalue weighted by molar-refractivity contribution is 9.10. The van der Waals surface area contributed by atoms with Crippen LogP contribution in [0.2, 0.25) is 0 Å². The van der Waals surface area contributed by atoms with Crippen LogP contribution in [-0.2, 0) is 14.8 Å². The number of imidazole rings is 1. The quantitative estimate of drug-likeness (QED) is 0.783. The first-order valence-electron chi connectivity index (χ1n) is 6.21. The zero-order valence-electron chi connectivity index (χ0n) is 12.2. The average molecular weight is 391 g/mol. The smallest absolute Gasteiger partial charge is 0.323 e. The summed E-state index contributed by atoms with van der Waals surface area (Å²) in [5.74, 6) is -0.335. The van der Waals surface area contributed by atoms with Crippen LogP contribution in [-0.4, -0.2) is 61.2 Å². The van der Waals surface area contributed by atoms with Crippen molar-refractivity contribution < 1.29 is 13.2 Å². The molecule has 0 radical (unpaired) electrons. The molecule has 120 valence electrons. The molecule has 2 N–H and O–H groups in total. The van der Waals surface area contributed by atoms with Crippen molar-refractivity contribution in [2.75, 3.05) is 27.7 Å². The number of hydrogen-bond acceptors (Lipinski definition) is 4. The predicted molar refractivity (Wildman–Crippen MR) is 85.1 cm³/mol. The number of nitrogens with one attached hydrogen (secondary N) is 2. The minimum absolute atomic E-state index is 0.0238. The first-order chi connectivity index (χ1) is 10.1. The number of H-pyrrole nitrogens is 2. The van der Waals surface area contributed by atoms with Gasteiger partial charge in [0.2, 0.25) is 15.9 Å². The third-order valence-corrected chi connectivity index (χ3v) is 5.88. The van der Waals surface area contributed by atoms with E-state index in [1.54, 1.807) is 14.1 Å². The minimum atomic E-state index is -3.88. The molecule has 0 aliphatic carbocycles. The van der Waals surface area contributed by atoms with Gasteiger partial charge >= 0.3 is 5.69 Å². The first kappa shape index (κ1) is 16.7. The molecule has 10 heteroatoms. The fraction of sp³-hybridized carbons (Fsp3) is 0.333. The largest absolute Gasteiger partial charge is 0.348 e. The highest BCUT2D eigenvalue weighted by Gasteiger charge is 2.26. The van der Waals surface area contributed by atoms with Crippen LogP contribution in [0.4, 0.5) is 0 Å². The number of halogens is 1. The van der Waals surface area contributed by atoms with Crippen molar-refractivity contribution in [3.8, 4) is 0 Å². The number of nitrogens with zero attached hydrogens (tertiary/aromatic N) is 2. The molecule has 1 amide bonds. The summed E-state index contributed by atoms with van der Waals surface area (Å²) in [7, 11) is 0.551. The van der Waals surface area contributed by atoms with Gasteiger partial charge in [0.05, 0.1) is 22.5 Å². The van der Waals surface area contributed by atoms with Gasteiger partial charge in [-0.15, -0.1) is 0 Å². The third kappa shape index (κ3) is 3.08. The lowest BCUT2D eigenvalue weighted by Gasteiger charge is -2.19. The molecule has 0 saturated heterocycles. The lowest BCUT2D eigenvalue weighted by Crippen LogP contribution is -2.37.